The van der Waals surface area contributed by atoms with Crippen molar-refractivity contribution in [2.24, 2.45) is 0 Å². The minimum absolute atomic E-state index is 0.228. The Kier molecular flexibility index (Phi) is 4.25. The topological polar surface area (TPSA) is 51.7 Å². The maximum Gasteiger partial charge on any atom is 0.277 e. The van der Waals surface area contributed by atoms with E-state index in [9.17, 15) is 4.79 Å². The molecular weight excluding hydrogens is 208 g/mol. The van der Waals surface area contributed by atoms with Crippen molar-refractivity contribution in [2.45, 2.75) is 13.8 Å². The van der Waals surface area contributed by atoms with E-state index >= 15 is 0 Å². The highest BCUT2D eigenvalue weighted by Crippen LogP contribution is 2.14. The molecule has 0 unspecified atom stereocenters. The van der Waals surface area contributed by atoms with E-state index in [1.165, 1.54) is 7.11 Å². The number of pyridine rings is 1. The van der Waals surface area contributed by atoms with Crippen molar-refractivity contribution in [3.05, 3.63) is 23.4 Å². The van der Waals surface area contributed by atoms with E-state index in [-0.39, 0.29) is 5.91 Å². The maximum atomic E-state index is 11.8. The Balaban J connectivity index is 2.99. The second-order valence-electron chi connectivity index (χ2n) is 3.25. The third-order valence-corrected chi connectivity index (χ3v) is 2.03. The molecule has 0 saturated carbocycles. The molecule has 0 bridgehead atoms. The number of aryl methyl sites for hydroxylation is 1. The van der Waals surface area contributed by atoms with Crippen molar-refractivity contribution in [2.75, 3.05) is 20.8 Å². The number of nitrogens with zero attached hydrogens (tertiary/aromatic N) is 2. The van der Waals surface area contributed by atoms with Gasteiger partial charge in [0.05, 0.1) is 13.7 Å². The van der Waals surface area contributed by atoms with Crippen molar-refractivity contribution >= 4 is 5.91 Å². The second kappa shape index (κ2) is 5.46. The maximum absolute atomic E-state index is 11.8. The van der Waals surface area contributed by atoms with Crippen LogP contribution in [0.3, 0.4) is 0 Å². The van der Waals surface area contributed by atoms with Gasteiger partial charge in [-0.15, -0.1) is 0 Å². The van der Waals surface area contributed by atoms with E-state index < -0.39 is 0 Å². The van der Waals surface area contributed by atoms with Crippen LogP contribution in [-0.4, -0.2) is 36.7 Å². The fourth-order valence-electron chi connectivity index (χ4n) is 1.25. The number of hydroxylamine groups is 2. The first-order valence-electron chi connectivity index (χ1n) is 5.02. The van der Waals surface area contributed by atoms with Crippen LogP contribution < -0.4 is 4.74 Å². The normalized spacial score (nSPS) is 10.0. The first kappa shape index (κ1) is 12.4. The highest BCUT2D eigenvalue weighted by Gasteiger charge is 2.13. The number of hydrogen-bond donors (Lipinski definition) is 0. The molecule has 0 aliphatic carbocycles. The van der Waals surface area contributed by atoms with Gasteiger partial charge in [0.25, 0.3) is 5.91 Å². The molecule has 0 fully saturated rings. The molecule has 0 radical (unpaired) electrons. The van der Waals surface area contributed by atoms with Crippen molar-refractivity contribution < 1.29 is 14.4 Å². The summed E-state index contributed by atoms with van der Waals surface area (Å²) in [5.74, 6) is 0.226. The Hall–Kier alpha value is -1.62. The van der Waals surface area contributed by atoms with Gasteiger partial charge in [-0.05, 0) is 19.9 Å². The van der Waals surface area contributed by atoms with Crippen molar-refractivity contribution in [3.8, 4) is 5.88 Å². The van der Waals surface area contributed by atoms with E-state index in [0.29, 0.717) is 18.1 Å². The molecule has 0 aliphatic rings. The number of rotatable bonds is 4. The Morgan fingerprint density at radius 3 is 2.75 bits per heavy atom. The fourth-order valence-corrected chi connectivity index (χ4v) is 1.25. The molecule has 1 aromatic rings. The van der Waals surface area contributed by atoms with Crippen molar-refractivity contribution in [1.82, 2.24) is 10.0 Å². The van der Waals surface area contributed by atoms with Gasteiger partial charge < -0.3 is 4.74 Å². The molecule has 0 atom stereocenters. The Labute approximate surface area is 94.9 Å². The standard InChI is InChI=1S/C11H16N2O3/c1-5-16-10-7-9(6-8(2)12-10)11(14)13(3)15-4/h6-7H,5H2,1-4H3. The van der Waals surface area contributed by atoms with Gasteiger partial charge in [0.1, 0.15) is 0 Å². The van der Waals surface area contributed by atoms with Crippen LogP contribution in [-0.2, 0) is 4.84 Å². The summed E-state index contributed by atoms with van der Waals surface area (Å²) in [6.45, 7) is 4.20. The summed E-state index contributed by atoms with van der Waals surface area (Å²) in [4.78, 5) is 20.8. The monoisotopic (exact) mass is 224 g/mol. The first-order chi connectivity index (χ1) is 7.58. The zero-order valence-electron chi connectivity index (χ0n) is 9.98. The van der Waals surface area contributed by atoms with Crippen molar-refractivity contribution in [1.29, 1.82) is 0 Å². The highest BCUT2D eigenvalue weighted by atomic mass is 16.7. The zero-order valence-corrected chi connectivity index (χ0v) is 9.98. The highest BCUT2D eigenvalue weighted by molar-refractivity contribution is 5.93. The summed E-state index contributed by atoms with van der Waals surface area (Å²) in [6, 6.07) is 3.30. The molecule has 0 aliphatic heterocycles. The average Bonchev–Trinajstić information content (AvgIpc) is 2.26. The molecule has 88 valence electrons. The molecule has 1 heterocycles. The van der Waals surface area contributed by atoms with Gasteiger partial charge in [-0.25, -0.2) is 10.0 Å². The zero-order chi connectivity index (χ0) is 12.1. The smallest absolute Gasteiger partial charge is 0.277 e. The lowest BCUT2D eigenvalue weighted by atomic mass is 10.2. The van der Waals surface area contributed by atoms with E-state index in [2.05, 4.69) is 4.98 Å². The van der Waals surface area contributed by atoms with Crippen LogP contribution in [0.15, 0.2) is 12.1 Å². The van der Waals surface area contributed by atoms with Crippen LogP contribution in [0.4, 0.5) is 0 Å². The molecule has 1 aromatic heterocycles. The van der Waals surface area contributed by atoms with Gasteiger partial charge in [-0.3, -0.25) is 9.63 Å². The summed E-state index contributed by atoms with van der Waals surface area (Å²) in [6.07, 6.45) is 0. The Morgan fingerprint density at radius 1 is 1.50 bits per heavy atom. The molecule has 5 nitrogen and oxygen atoms in total. The Bertz CT molecular complexity index is 379. The second-order valence-corrected chi connectivity index (χ2v) is 3.25. The number of aromatic nitrogens is 1. The van der Waals surface area contributed by atoms with Crippen LogP contribution in [0.25, 0.3) is 0 Å². The minimum Gasteiger partial charge on any atom is -0.478 e. The minimum atomic E-state index is -0.228. The molecule has 0 aromatic carbocycles. The predicted molar refractivity (Wildman–Crippen MR) is 59.2 cm³/mol. The van der Waals surface area contributed by atoms with Gasteiger partial charge in [-0.2, -0.15) is 0 Å². The summed E-state index contributed by atoms with van der Waals surface area (Å²) >= 11 is 0. The molecule has 0 N–H and O–H groups in total. The number of amides is 1. The molecule has 1 rings (SSSR count). The molecule has 1 amide bonds. The van der Waals surface area contributed by atoms with Crippen LogP contribution in [0.2, 0.25) is 0 Å². The lowest BCUT2D eigenvalue weighted by molar-refractivity contribution is -0.0757. The summed E-state index contributed by atoms with van der Waals surface area (Å²) < 4.78 is 5.27. The van der Waals surface area contributed by atoms with Crippen LogP contribution in [0, 0.1) is 6.92 Å². The van der Waals surface area contributed by atoms with E-state index in [1.807, 2.05) is 13.8 Å². The number of ether oxygens (including phenoxy) is 1. The molecule has 16 heavy (non-hydrogen) atoms. The van der Waals surface area contributed by atoms with Gasteiger partial charge >= 0.3 is 0 Å². The van der Waals surface area contributed by atoms with E-state index in [0.717, 1.165) is 10.8 Å². The third kappa shape index (κ3) is 2.93. The third-order valence-electron chi connectivity index (χ3n) is 2.03. The SMILES string of the molecule is CCOc1cc(C(=O)N(C)OC)cc(C)n1. The number of hydrogen-bond acceptors (Lipinski definition) is 4. The first-order valence-corrected chi connectivity index (χ1v) is 5.02. The Morgan fingerprint density at radius 2 is 2.19 bits per heavy atom. The summed E-state index contributed by atoms with van der Waals surface area (Å²) in [5.41, 5.74) is 1.24. The number of carbonyl (C=O) groups is 1. The largest absolute Gasteiger partial charge is 0.478 e. The summed E-state index contributed by atoms with van der Waals surface area (Å²) in [7, 11) is 2.99. The predicted octanol–water partition coefficient (Wildman–Crippen LogP) is 1.42. The number of carbonyl (C=O) groups excluding carboxylic acids is 1. The van der Waals surface area contributed by atoms with Gasteiger partial charge in [0, 0.05) is 24.4 Å². The quantitative estimate of drug-likeness (QED) is 0.726. The van der Waals surface area contributed by atoms with E-state index in [1.54, 1.807) is 19.2 Å². The van der Waals surface area contributed by atoms with Crippen molar-refractivity contribution in [3.63, 3.8) is 0 Å². The molecule has 0 saturated heterocycles. The van der Waals surface area contributed by atoms with Gasteiger partial charge in [-0.1, -0.05) is 0 Å². The lowest BCUT2D eigenvalue weighted by Gasteiger charge is -2.14. The average molecular weight is 224 g/mol. The van der Waals surface area contributed by atoms with E-state index in [4.69, 9.17) is 9.57 Å². The van der Waals surface area contributed by atoms with Crippen LogP contribution >= 0.6 is 0 Å². The summed E-state index contributed by atoms with van der Waals surface area (Å²) in [5, 5.41) is 1.16. The van der Waals surface area contributed by atoms with Gasteiger partial charge in [0.15, 0.2) is 0 Å². The molecular formula is C11H16N2O3. The van der Waals surface area contributed by atoms with Crippen LogP contribution in [0.5, 0.6) is 5.88 Å². The van der Waals surface area contributed by atoms with Crippen LogP contribution in [0.1, 0.15) is 23.0 Å². The fraction of sp³-hybridized carbons (Fsp3) is 0.455. The van der Waals surface area contributed by atoms with Gasteiger partial charge in [0.2, 0.25) is 5.88 Å². The molecule has 0 spiro atoms. The lowest BCUT2D eigenvalue weighted by Crippen LogP contribution is -2.25. The molecule has 5 heteroatoms.